The van der Waals surface area contributed by atoms with Crippen LogP contribution in [0.15, 0.2) is 36.5 Å². The molecule has 0 amide bonds. The molecule has 6 nitrogen and oxygen atoms in total. The highest BCUT2D eigenvalue weighted by Gasteiger charge is 2.20. The lowest BCUT2D eigenvalue weighted by atomic mass is 10.1. The van der Waals surface area contributed by atoms with Crippen molar-refractivity contribution in [2.75, 3.05) is 12.3 Å². The lowest BCUT2D eigenvalue weighted by molar-refractivity contribution is 0.242. The van der Waals surface area contributed by atoms with E-state index in [9.17, 15) is 5.11 Å². The monoisotopic (exact) mass is 349 g/mol. The smallest absolute Gasteiger partial charge is 0.220 e. The largest absolute Gasteiger partial charge is 0.508 e. The van der Waals surface area contributed by atoms with Crippen LogP contribution < -0.4 is 5.73 Å². The van der Waals surface area contributed by atoms with Gasteiger partial charge in [0.15, 0.2) is 0 Å². The van der Waals surface area contributed by atoms with Gasteiger partial charge in [0, 0.05) is 61.0 Å². The summed E-state index contributed by atoms with van der Waals surface area (Å²) in [6.07, 6.45) is 2.74. The number of nitrogens with two attached hydrogens (primary N) is 1. The van der Waals surface area contributed by atoms with E-state index in [1.165, 1.54) is 11.3 Å². The molecule has 0 aliphatic carbocycles. The number of hydrogen-bond acceptors (Lipinski definition) is 5. The average molecular weight is 349 g/mol. The van der Waals surface area contributed by atoms with Crippen LogP contribution >= 0.6 is 0 Å². The normalized spacial score (nSPS) is 14.4. The summed E-state index contributed by atoms with van der Waals surface area (Å²) in [6.45, 7) is 6.91. The van der Waals surface area contributed by atoms with Crippen LogP contribution in [-0.2, 0) is 19.5 Å². The van der Waals surface area contributed by atoms with E-state index in [2.05, 4.69) is 39.3 Å². The molecule has 0 unspecified atom stereocenters. The van der Waals surface area contributed by atoms with Gasteiger partial charge in [0.25, 0.3) is 0 Å². The minimum Gasteiger partial charge on any atom is -0.508 e. The molecule has 3 N–H and O–H groups in total. The maximum Gasteiger partial charge on any atom is 0.220 e. The summed E-state index contributed by atoms with van der Waals surface area (Å²) in [5.74, 6) is 0.635. The number of hydrogen-bond donors (Lipinski definition) is 2. The molecular formula is C20H23N5O. The Bertz CT molecular complexity index is 963. The summed E-state index contributed by atoms with van der Waals surface area (Å²) in [4.78, 5) is 10.9. The first-order valence-electron chi connectivity index (χ1n) is 8.81. The highest BCUT2D eigenvalue weighted by Crippen LogP contribution is 2.26. The van der Waals surface area contributed by atoms with Gasteiger partial charge < -0.3 is 15.4 Å². The van der Waals surface area contributed by atoms with Crippen LogP contribution in [0.2, 0.25) is 0 Å². The highest BCUT2D eigenvalue weighted by molar-refractivity contribution is 5.44. The first kappa shape index (κ1) is 16.6. The molecule has 1 aliphatic rings. The standard InChI is InChI=1S/C20H23N5O/c1-13-8-15(14(2)25(13)17-4-3-5-18(26)9-17)11-24-7-6-19-16(12-24)10-22-20(21)23-19/h3-5,8-10,26H,6-7,11-12H2,1-2H3,(H2,21,22,23). The number of aromatic hydroxyl groups is 1. The second-order valence-electron chi connectivity index (χ2n) is 6.91. The fraction of sp³-hybridized carbons (Fsp3) is 0.300. The van der Waals surface area contributed by atoms with Gasteiger partial charge in [-0.3, -0.25) is 4.90 Å². The number of benzene rings is 1. The Kier molecular flexibility index (Phi) is 4.12. The van der Waals surface area contributed by atoms with E-state index in [4.69, 9.17) is 5.73 Å². The molecule has 0 spiro atoms. The van der Waals surface area contributed by atoms with Crippen molar-refractivity contribution in [3.8, 4) is 11.4 Å². The number of phenols is 1. The predicted molar refractivity (Wildman–Crippen MR) is 101 cm³/mol. The van der Waals surface area contributed by atoms with E-state index in [0.29, 0.717) is 5.95 Å². The van der Waals surface area contributed by atoms with Gasteiger partial charge in [-0.05, 0) is 37.6 Å². The first-order valence-corrected chi connectivity index (χ1v) is 8.81. The molecule has 1 aromatic carbocycles. The third kappa shape index (κ3) is 3.04. The Morgan fingerprint density at radius 2 is 2.08 bits per heavy atom. The third-order valence-corrected chi connectivity index (χ3v) is 5.05. The number of phenolic OH excluding ortho intramolecular Hbond substituents is 1. The molecule has 0 radical (unpaired) electrons. The lowest BCUT2D eigenvalue weighted by Gasteiger charge is -2.27. The second-order valence-corrected chi connectivity index (χ2v) is 6.91. The quantitative estimate of drug-likeness (QED) is 0.760. The molecular weight excluding hydrogens is 326 g/mol. The molecule has 3 aromatic rings. The van der Waals surface area contributed by atoms with Crippen LogP contribution in [-0.4, -0.2) is 31.1 Å². The summed E-state index contributed by atoms with van der Waals surface area (Å²) < 4.78 is 2.19. The van der Waals surface area contributed by atoms with Crippen molar-refractivity contribution in [3.63, 3.8) is 0 Å². The molecule has 0 bridgehead atoms. The van der Waals surface area contributed by atoms with Gasteiger partial charge in [0.1, 0.15) is 5.75 Å². The van der Waals surface area contributed by atoms with Crippen molar-refractivity contribution >= 4 is 5.95 Å². The first-order chi connectivity index (χ1) is 12.5. The Morgan fingerprint density at radius 3 is 2.88 bits per heavy atom. The molecule has 26 heavy (non-hydrogen) atoms. The fourth-order valence-electron chi connectivity index (χ4n) is 3.78. The minimum absolute atomic E-state index is 0.281. The van der Waals surface area contributed by atoms with Gasteiger partial charge in [0.2, 0.25) is 5.95 Å². The number of rotatable bonds is 3. The molecule has 0 saturated carbocycles. The van der Waals surface area contributed by atoms with Crippen molar-refractivity contribution in [2.24, 2.45) is 0 Å². The number of nitrogen functional groups attached to an aromatic ring is 1. The van der Waals surface area contributed by atoms with Crippen molar-refractivity contribution in [1.29, 1.82) is 0 Å². The molecule has 2 aromatic heterocycles. The molecule has 1 aliphatic heterocycles. The zero-order valence-corrected chi connectivity index (χ0v) is 15.1. The zero-order chi connectivity index (χ0) is 18.3. The zero-order valence-electron chi connectivity index (χ0n) is 15.1. The minimum atomic E-state index is 0.281. The Labute approximate surface area is 152 Å². The van der Waals surface area contributed by atoms with E-state index < -0.39 is 0 Å². The van der Waals surface area contributed by atoms with Crippen LogP contribution in [0.3, 0.4) is 0 Å². The third-order valence-electron chi connectivity index (χ3n) is 5.05. The van der Waals surface area contributed by atoms with Gasteiger partial charge in [-0.25, -0.2) is 9.97 Å². The Morgan fingerprint density at radius 1 is 1.23 bits per heavy atom. The second kappa shape index (κ2) is 6.46. The van der Waals surface area contributed by atoms with E-state index in [-0.39, 0.29) is 5.75 Å². The summed E-state index contributed by atoms with van der Waals surface area (Å²) in [5.41, 5.74) is 12.6. The van der Waals surface area contributed by atoms with Crippen LogP contribution in [0.1, 0.15) is 28.2 Å². The maximum absolute atomic E-state index is 9.79. The SMILES string of the molecule is Cc1cc(CN2CCc3nc(N)ncc3C2)c(C)n1-c1cccc(O)c1. The average Bonchev–Trinajstić information content (AvgIpc) is 2.88. The molecule has 3 heterocycles. The van der Waals surface area contributed by atoms with Crippen LogP contribution in [0.5, 0.6) is 5.75 Å². The molecule has 0 atom stereocenters. The molecule has 4 rings (SSSR count). The van der Waals surface area contributed by atoms with E-state index in [1.54, 1.807) is 12.1 Å². The highest BCUT2D eigenvalue weighted by atomic mass is 16.3. The van der Waals surface area contributed by atoms with Crippen molar-refractivity contribution in [2.45, 2.75) is 33.4 Å². The summed E-state index contributed by atoms with van der Waals surface area (Å²) in [5, 5.41) is 9.79. The molecule has 0 fully saturated rings. The van der Waals surface area contributed by atoms with Gasteiger partial charge in [-0.1, -0.05) is 6.07 Å². The molecule has 6 heteroatoms. The number of fused-ring (bicyclic) bond motifs is 1. The van der Waals surface area contributed by atoms with Crippen LogP contribution in [0.4, 0.5) is 5.95 Å². The van der Waals surface area contributed by atoms with E-state index in [1.807, 2.05) is 18.3 Å². The van der Waals surface area contributed by atoms with Gasteiger partial charge in [-0.2, -0.15) is 0 Å². The number of nitrogens with zero attached hydrogens (tertiary/aromatic N) is 4. The lowest BCUT2D eigenvalue weighted by Crippen LogP contribution is -2.31. The van der Waals surface area contributed by atoms with Crippen molar-refractivity contribution < 1.29 is 5.11 Å². The van der Waals surface area contributed by atoms with E-state index >= 15 is 0 Å². The Balaban J connectivity index is 1.58. The fourth-order valence-corrected chi connectivity index (χ4v) is 3.78. The van der Waals surface area contributed by atoms with E-state index in [0.717, 1.165) is 48.7 Å². The summed E-state index contributed by atoms with van der Waals surface area (Å²) >= 11 is 0. The van der Waals surface area contributed by atoms with Gasteiger partial charge >= 0.3 is 0 Å². The summed E-state index contributed by atoms with van der Waals surface area (Å²) in [7, 11) is 0. The van der Waals surface area contributed by atoms with Crippen molar-refractivity contribution in [3.05, 3.63) is 64.7 Å². The van der Waals surface area contributed by atoms with Gasteiger partial charge in [0.05, 0.1) is 5.69 Å². The van der Waals surface area contributed by atoms with Crippen LogP contribution in [0, 0.1) is 13.8 Å². The maximum atomic E-state index is 9.79. The van der Waals surface area contributed by atoms with Gasteiger partial charge in [-0.15, -0.1) is 0 Å². The van der Waals surface area contributed by atoms with Crippen LogP contribution in [0.25, 0.3) is 5.69 Å². The number of anilines is 1. The number of aromatic nitrogens is 3. The van der Waals surface area contributed by atoms with Crippen molar-refractivity contribution in [1.82, 2.24) is 19.4 Å². The Hall–Kier alpha value is -2.86. The summed E-state index contributed by atoms with van der Waals surface area (Å²) in [6, 6.07) is 9.61. The predicted octanol–water partition coefficient (Wildman–Crippen LogP) is 2.73. The molecule has 134 valence electrons. The topological polar surface area (TPSA) is 80.2 Å². The number of aryl methyl sites for hydroxylation is 1. The molecule has 0 saturated heterocycles.